The Hall–Kier alpha value is -2.55. The van der Waals surface area contributed by atoms with Crippen molar-refractivity contribution in [1.29, 1.82) is 0 Å². The van der Waals surface area contributed by atoms with Crippen LogP contribution in [0.15, 0.2) is 34.1 Å². The summed E-state index contributed by atoms with van der Waals surface area (Å²) >= 11 is 0. The van der Waals surface area contributed by atoms with Crippen LogP contribution in [0.2, 0.25) is 0 Å². The van der Waals surface area contributed by atoms with E-state index in [1.165, 1.54) is 25.3 Å². The lowest BCUT2D eigenvalue weighted by atomic mass is 10.3. The molecule has 1 unspecified atom stereocenters. The molecule has 0 saturated carbocycles. The number of ether oxygens (including phenoxy) is 1. The monoisotopic (exact) mass is 297 g/mol. The largest absolute Gasteiger partial charge is 0.504 e. The number of aromatic nitrogens is 2. The Bertz CT molecular complexity index is 715. The first-order valence-corrected chi connectivity index (χ1v) is 6.50. The number of hydrogen-bond acceptors (Lipinski definition) is 6. The maximum Gasteiger partial charge on any atom is 0.269 e. The highest BCUT2D eigenvalue weighted by atomic mass is 32.2. The molecule has 0 amide bonds. The molecule has 0 aliphatic heterocycles. The fraction of sp³-hybridized carbons (Fsp3) is 0.0909. The van der Waals surface area contributed by atoms with Crippen LogP contribution in [0, 0.1) is 0 Å². The van der Waals surface area contributed by atoms with Gasteiger partial charge in [-0.05, 0) is 12.1 Å². The number of nitrogens with one attached hydrogen (secondary N) is 2. The summed E-state index contributed by atoms with van der Waals surface area (Å²) in [7, 11) is -0.587. The van der Waals surface area contributed by atoms with Crippen molar-refractivity contribution in [3.05, 3.63) is 34.7 Å². The van der Waals surface area contributed by atoms with Gasteiger partial charge in [-0.2, -0.15) is 0 Å². The molecule has 2 rings (SSSR count). The van der Waals surface area contributed by atoms with Gasteiger partial charge in [0, 0.05) is 0 Å². The average Bonchev–Trinajstić information content (AvgIpc) is 2.43. The van der Waals surface area contributed by atoms with Crippen LogP contribution in [0.25, 0.3) is 0 Å². The summed E-state index contributed by atoms with van der Waals surface area (Å²) in [5.41, 5.74) is -0.474. The molecular formula is C11H11N3O5S. The molecule has 2 aromatic rings. The lowest BCUT2D eigenvalue weighted by molar-refractivity contribution is 0.394. The minimum atomic E-state index is -1.90. The van der Waals surface area contributed by atoms with Gasteiger partial charge in [0.2, 0.25) is 5.88 Å². The summed E-state index contributed by atoms with van der Waals surface area (Å²) in [5.74, 6) is -0.848. The molecule has 0 fully saturated rings. The molecule has 4 N–H and O–H groups in total. The zero-order valence-electron chi connectivity index (χ0n) is 10.3. The van der Waals surface area contributed by atoms with Crippen molar-refractivity contribution in [3.8, 4) is 17.4 Å². The number of anilines is 1. The first-order chi connectivity index (χ1) is 9.52. The molecule has 0 bridgehead atoms. The molecule has 9 heteroatoms. The van der Waals surface area contributed by atoms with Gasteiger partial charge in [0.15, 0.2) is 28.3 Å². The molecular weight excluding hydrogens is 286 g/mol. The third kappa shape index (κ3) is 2.72. The van der Waals surface area contributed by atoms with Crippen LogP contribution >= 0.6 is 0 Å². The molecule has 1 heterocycles. The predicted molar refractivity (Wildman–Crippen MR) is 71.2 cm³/mol. The van der Waals surface area contributed by atoms with Crippen molar-refractivity contribution in [1.82, 2.24) is 9.97 Å². The minimum Gasteiger partial charge on any atom is -0.504 e. The van der Waals surface area contributed by atoms with Gasteiger partial charge >= 0.3 is 0 Å². The molecule has 1 aromatic carbocycles. The van der Waals surface area contributed by atoms with Crippen molar-refractivity contribution in [2.75, 3.05) is 11.8 Å². The molecule has 1 atom stereocenters. The Morgan fingerprint density at radius 1 is 1.40 bits per heavy atom. The molecule has 8 nitrogen and oxygen atoms in total. The smallest absolute Gasteiger partial charge is 0.269 e. The first-order valence-electron chi connectivity index (χ1n) is 5.35. The summed E-state index contributed by atoms with van der Waals surface area (Å²) < 4.78 is 19.4. The number of aromatic hydroxyl groups is 2. The minimum absolute atomic E-state index is 0.00509. The summed E-state index contributed by atoms with van der Waals surface area (Å²) in [5, 5.41) is 19.0. The van der Waals surface area contributed by atoms with Crippen LogP contribution in [0.4, 0.5) is 5.82 Å². The standard InChI is InChI=1S/C11H11N3O5S/c1-19-11-10(12-5-8(16)13-11)14-20(18)7-4-2-3-6(15)9(7)17/h2-5,15,17H,1H3,(H,12,14)(H,13,16). The van der Waals surface area contributed by atoms with E-state index in [0.717, 1.165) is 6.20 Å². The Labute approximate surface area is 115 Å². The SMILES string of the molecule is COc1[nH]c(=O)cnc1NS(=O)c1cccc(O)c1O. The van der Waals surface area contributed by atoms with Crippen LogP contribution in [-0.4, -0.2) is 31.5 Å². The predicted octanol–water partition coefficient (Wildman–Crippen LogP) is 0.324. The van der Waals surface area contributed by atoms with Crippen molar-refractivity contribution >= 4 is 16.8 Å². The van der Waals surface area contributed by atoms with Gasteiger partial charge in [0.25, 0.3) is 5.56 Å². The number of phenols is 2. The summed E-state index contributed by atoms with van der Waals surface area (Å²) in [6.07, 6.45) is 0.990. The van der Waals surface area contributed by atoms with Crippen molar-refractivity contribution in [2.24, 2.45) is 0 Å². The van der Waals surface area contributed by atoms with E-state index in [1.54, 1.807) is 0 Å². The lowest BCUT2D eigenvalue weighted by Gasteiger charge is -2.10. The number of H-pyrrole nitrogens is 1. The lowest BCUT2D eigenvalue weighted by Crippen LogP contribution is -2.13. The van der Waals surface area contributed by atoms with Crippen LogP contribution in [0.5, 0.6) is 17.4 Å². The normalized spacial score (nSPS) is 11.8. The van der Waals surface area contributed by atoms with Gasteiger partial charge in [0.1, 0.15) is 4.90 Å². The van der Waals surface area contributed by atoms with Gasteiger partial charge in [-0.1, -0.05) is 6.07 Å². The highest BCUT2D eigenvalue weighted by Crippen LogP contribution is 2.31. The zero-order chi connectivity index (χ0) is 14.7. The quantitative estimate of drug-likeness (QED) is 0.603. The van der Waals surface area contributed by atoms with Crippen LogP contribution in [-0.2, 0) is 11.0 Å². The second kappa shape index (κ2) is 5.61. The summed E-state index contributed by atoms with van der Waals surface area (Å²) in [6, 6.07) is 4.06. The van der Waals surface area contributed by atoms with E-state index < -0.39 is 22.3 Å². The van der Waals surface area contributed by atoms with Gasteiger partial charge in [-0.25, -0.2) is 9.19 Å². The third-order valence-electron chi connectivity index (χ3n) is 2.33. The Balaban J connectivity index is 2.33. The maximum atomic E-state index is 12.1. The second-order valence-corrected chi connectivity index (χ2v) is 4.81. The summed E-state index contributed by atoms with van der Waals surface area (Å²) in [6.45, 7) is 0. The van der Waals surface area contributed by atoms with E-state index in [4.69, 9.17) is 4.74 Å². The highest BCUT2D eigenvalue weighted by molar-refractivity contribution is 7.86. The number of phenolic OH excluding ortho intramolecular Hbond substituents is 2. The fourth-order valence-electron chi connectivity index (χ4n) is 1.41. The van der Waals surface area contributed by atoms with Crippen LogP contribution in [0.3, 0.4) is 0 Å². The Morgan fingerprint density at radius 3 is 2.85 bits per heavy atom. The molecule has 0 saturated heterocycles. The molecule has 0 aliphatic rings. The van der Waals surface area contributed by atoms with E-state index in [2.05, 4.69) is 14.7 Å². The number of rotatable bonds is 4. The number of aromatic amines is 1. The van der Waals surface area contributed by atoms with E-state index in [0.29, 0.717) is 0 Å². The van der Waals surface area contributed by atoms with E-state index in [9.17, 15) is 19.2 Å². The van der Waals surface area contributed by atoms with Crippen molar-refractivity contribution in [2.45, 2.75) is 4.90 Å². The number of benzene rings is 1. The molecule has 106 valence electrons. The van der Waals surface area contributed by atoms with Gasteiger partial charge in [0.05, 0.1) is 13.3 Å². The maximum absolute atomic E-state index is 12.1. The topological polar surface area (TPSA) is 125 Å². The van der Waals surface area contributed by atoms with E-state index >= 15 is 0 Å². The Kier molecular flexibility index (Phi) is 3.89. The second-order valence-electron chi connectivity index (χ2n) is 3.62. The Morgan fingerprint density at radius 2 is 2.15 bits per heavy atom. The van der Waals surface area contributed by atoms with Gasteiger partial charge in [-0.3, -0.25) is 14.5 Å². The zero-order valence-corrected chi connectivity index (χ0v) is 11.1. The molecule has 0 aliphatic carbocycles. The first kappa shape index (κ1) is 13.9. The number of methoxy groups -OCH3 is 1. The number of nitrogens with zero attached hydrogens (tertiary/aromatic N) is 1. The molecule has 0 spiro atoms. The number of hydrogen-bond donors (Lipinski definition) is 4. The van der Waals surface area contributed by atoms with Crippen molar-refractivity contribution < 1.29 is 19.2 Å². The highest BCUT2D eigenvalue weighted by Gasteiger charge is 2.15. The number of para-hydroxylation sites is 1. The van der Waals surface area contributed by atoms with Crippen LogP contribution < -0.4 is 15.0 Å². The third-order valence-corrected chi connectivity index (χ3v) is 3.44. The van der Waals surface area contributed by atoms with Crippen molar-refractivity contribution in [3.63, 3.8) is 0 Å². The average molecular weight is 297 g/mol. The van der Waals surface area contributed by atoms with Gasteiger partial charge in [-0.15, -0.1) is 0 Å². The fourth-order valence-corrected chi connectivity index (χ4v) is 2.32. The van der Waals surface area contributed by atoms with E-state index in [-0.39, 0.29) is 22.3 Å². The van der Waals surface area contributed by atoms with Gasteiger partial charge < -0.3 is 14.9 Å². The molecule has 20 heavy (non-hydrogen) atoms. The van der Waals surface area contributed by atoms with Crippen LogP contribution in [0.1, 0.15) is 0 Å². The van der Waals surface area contributed by atoms with E-state index in [1.807, 2.05) is 0 Å². The molecule has 1 aromatic heterocycles. The summed E-state index contributed by atoms with van der Waals surface area (Å²) in [4.78, 5) is 17.2. The molecule has 0 radical (unpaired) electrons.